The highest BCUT2D eigenvalue weighted by atomic mass is 16.5. The molecule has 0 spiro atoms. The van der Waals surface area contributed by atoms with Crippen molar-refractivity contribution >= 4 is 11.6 Å². The molecule has 0 saturated carbocycles. The van der Waals surface area contributed by atoms with E-state index in [1.54, 1.807) is 0 Å². The lowest BCUT2D eigenvalue weighted by atomic mass is 10.1. The number of benzene rings is 1. The van der Waals surface area contributed by atoms with Crippen molar-refractivity contribution in [3.63, 3.8) is 0 Å². The van der Waals surface area contributed by atoms with E-state index in [4.69, 9.17) is 9.72 Å². The summed E-state index contributed by atoms with van der Waals surface area (Å²) in [5.41, 5.74) is 5.15. The van der Waals surface area contributed by atoms with E-state index in [2.05, 4.69) is 46.7 Å². The average Bonchev–Trinajstić information content (AvgIpc) is 2.73. The fourth-order valence-corrected chi connectivity index (χ4v) is 4.36. The van der Waals surface area contributed by atoms with Crippen LogP contribution >= 0.6 is 0 Å². The molecule has 0 unspecified atom stereocenters. The zero-order chi connectivity index (χ0) is 21.3. The Hall–Kier alpha value is -2.22. The molecule has 7 heteroatoms. The van der Waals surface area contributed by atoms with Crippen LogP contribution in [0, 0.1) is 27.7 Å². The number of hydrogen-bond donors (Lipinski definition) is 0. The van der Waals surface area contributed by atoms with Crippen molar-refractivity contribution in [1.29, 1.82) is 0 Å². The highest BCUT2D eigenvalue weighted by Crippen LogP contribution is 2.30. The number of ether oxygens (including phenoxy) is 1. The van der Waals surface area contributed by atoms with Crippen LogP contribution < -0.4 is 10.5 Å². The van der Waals surface area contributed by atoms with Gasteiger partial charge in [0.25, 0.3) is 5.56 Å². The summed E-state index contributed by atoms with van der Waals surface area (Å²) in [6.45, 7) is 15.1. The fraction of sp³-hybridized carbons (Fsp3) is 0.565. The summed E-state index contributed by atoms with van der Waals surface area (Å²) in [4.78, 5) is 24.9. The van der Waals surface area contributed by atoms with E-state index in [0.717, 1.165) is 75.4 Å². The molecule has 0 bridgehead atoms. The molecule has 1 fully saturated rings. The smallest absolute Gasteiger partial charge is 0.259 e. The van der Waals surface area contributed by atoms with Gasteiger partial charge in [-0.15, -0.1) is 0 Å². The average molecular weight is 412 g/mol. The molecule has 0 radical (unpaired) electrons. The molecule has 0 N–H and O–H groups in total. The van der Waals surface area contributed by atoms with E-state index in [-0.39, 0.29) is 5.56 Å². The molecule has 2 aliphatic rings. The lowest BCUT2D eigenvalue weighted by Gasteiger charge is -2.39. The number of anilines is 2. The highest BCUT2D eigenvalue weighted by molar-refractivity contribution is 5.63. The Balaban J connectivity index is 1.59. The largest absolute Gasteiger partial charge is 0.379 e. The maximum absolute atomic E-state index is 13.1. The molecule has 1 aromatic heterocycles. The van der Waals surface area contributed by atoms with Gasteiger partial charge in [-0.2, -0.15) is 0 Å². The normalized spacial score (nSPS) is 17.9. The van der Waals surface area contributed by atoms with Crippen LogP contribution in [0.25, 0.3) is 0 Å². The van der Waals surface area contributed by atoms with E-state index in [1.165, 1.54) is 11.1 Å². The van der Waals surface area contributed by atoms with Gasteiger partial charge in [0.2, 0.25) is 5.95 Å². The first-order chi connectivity index (χ1) is 14.4. The first-order valence-corrected chi connectivity index (χ1v) is 10.9. The van der Waals surface area contributed by atoms with Crippen LogP contribution in [0.1, 0.15) is 28.8 Å². The van der Waals surface area contributed by atoms with Crippen LogP contribution in [0.4, 0.5) is 11.6 Å². The van der Waals surface area contributed by atoms with E-state index < -0.39 is 0 Å². The molecule has 3 heterocycles. The van der Waals surface area contributed by atoms with Crippen molar-refractivity contribution in [1.82, 2.24) is 19.4 Å². The number of fused-ring (bicyclic) bond motifs is 1. The highest BCUT2D eigenvalue weighted by Gasteiger charge is 2.28. The van der Waals surface area contributed by atoms with Crippen LogP contribution in [-0.4, -0.2) is 65.4 Å². The Kier molecular flexibility index (Phi) is 6.22. The zero-order valence-corrected chi connectivity index (χ0v) is 18.6. The Labute approximate surface area is 178 Å². The van der Waals surface area contributed by atoms with Crippen LogP contribution in [0.2, 0.25) is 0 Å². The molecule has 0 amide bonds. The lowest BCUT2D eigenvalue weighted by Crippen LogP contribution is -2.48. The summed E-state index contributed by atoms with van der Waals surface area (Å²) in [6, 6.07) is 6.47. The Morgan fingerprint density at radius 3 is 2.47 bits per heavy atom. The van der Waals surface area contributed by atoms with E-state index in [0.29, 0.717) is 6.67 Å². The third-order valence-electron chi connectivity index (χ3n) is 6.24. The van der Waals surface area contributed by atoms with Gasteiger partial charge in [-0.3, -0.25) is 24.1 Å². The van der Waals surface area contributed by atoms with Crippen LogP contribution in [0.15, 0.2) is 23.0 Å². The fourth-order valence-electron chi connectivity index (χ4n) is 4.36. The first-order valence-electron chi connectivity index (χ1n) is 10.9. The van der Waals surface area contributed by atoms with Crippen LogP contribution in [-0.2, 0) is 11.4 Å². The van der Waals surface area contributed by atoms with Gasteiger partial charge in [-0.05, 0) is 52.3 Å². The van der Waals surface area contributed by atoms with Gasteiger partial charge in [-0.25, -0.2) is 4.98 Å². The van der Waals surface area contributed by atoms with E-state index in [1.807, 2.05) is 18.4 Å². The second-order valence-electron chi connectivity index (χ2n) is 8.56. The second-order valence-corrected chi connectivity index (χ2v) is 8.56. The maximum Gasteiger partial charge on any atom is 0.259 e. The summed E-state index contributed by atoms with van der Waals surface area (Å²) in [5.74, 6) is 0.750. The van der Waals surface area contributed by atoms with Gasteiger partial charge in [0.05, 0.1) is 26.6 Å². The van der Waals surface area contributed by atoms with Crippen molar-refractivity contribution in [3.8, 4) is 0 Å². The number of rotatable bonds is 5. The predicted octanol–water partition coefficient (Wildman–Crippen LogP) is 2.57. The second kappa shape index (κ2) is 8.88. The topological polar surface area (TPSA) is 53.8 Å². The number of morpholine rings is 1. The van der Waals surface area contributed by atoms with Crippen LogP contribution in [0.3, 0.4) is 0 Å². The Morgan fingerprint density at radius 1 is 1.00 bits per heavy atom. The maximum atomic E-state index is 13.1. The predicted molar refractivity (Wildman–Crippen MR) is 119 cm³/mol. The molecular formula is C23H33N5O2. The van der Waals surface area contributed by atoms with E-state index >= 15 is 0 Å². The van der Waals surface area contributed by atoms with Gasteiger partial charge in [0.15, 0.2) is 0 Å². The molecule has 1 saturated heterocycles. The van der Waals surface area contributed by atoms with Gasteiger partial charge in [0, 0.05) is 36.6 Å². The minimum atomic E-state index is 0.0603. The molecule has 4 rings (SSSR count). The summed E-state index contributed by atoms with van der Waals surface area (Å²) in [5, 5.41) is 0. The molecule has 0 aliphatic carbocycles. The molecule has 1 aromatic carbocycles. The van der Waals surface area contributed by atoms with Crippen molar-refractivity contribution in [2.24, 2.45) is 0 Å². The summed E-state index contributed by atoms with van der Waals surface area (Å²) in [7, 11) is 0. The summed E-state index contributed by atoms with van der Waals surface area (Å²) < 4.78 is 7.28. The number of nitrogens with zero attached hydrogens (tertiary/aromatic N) is 5. The monoisotopic (exact) mass is 411 g/mol. The molecular weight excluding hydrogens is 378 g/mol. The Morgan fingerprint density at radius 2 is 1.73 bits per heavy atom. The standard InChI is InChI=1S/C23H33N5O2/c1-17-6-7-21(18(2)14-17)27-15-26(9-5-8-25-10-12-30-13-11-25)16-28-22(29)19(3)20(4)24-23(27)28/h6-7,14H,5,8-13,15-16H2,1-4H3. The number of aryl methyl sites for hydroxylation is 3. The number of hydrogen-bond acceptors (Lipinski definition) is 6. The van der Waals surface area contributed by atoms with Crippen LogP contribution in [0.5, 0.6) is 0 Å². The van der Waals surface area contributed by atoms with Gasteiger partial charge < -0.3 is 4.74 Å². The quantitative estimate of drug-likeness (QED) is 0.754. The molecule has 2 aliphatic heterocycles. The van der Waals surface area contributed by atoms with E-state index in [9.17, 15) is 4.79 Å². The van der Waals surface area contributed by atoms with Gasteiger partial charge in [0.1, 0.15) is 0 Å². The Bertz CT molecular complexity index is 965. The summed E-state index contributed by atoms with van der Waals surface area (Å²) in [6.07, 6.45) is 1.07. The minimum Gasteiger partial charge on any atom is -0.379 e. The van der Waals surface area contributed by atoms with Crippen molar-refractivity contribution in [2.75, 3.05) is 51.0 Å². The molecule has 0 atom stereocenters. The van der Waals surface area contributed by atoms with Gasteiger partial charge >= 0.3 is 0 Å². The minimum absolute atomic E-state index is 0.0603. The number of aromatic nitrogens is 2. The molecule has 30 heavy (non-hydrogen) atoms. The van der Waals surface area contributed by atoms with Crippen molar-refractivity contribution < 1.29 is 4.74 Å². The third-order valence-corrected chi connectivity index (χ3v) is 6.24. The van der Waals surface area contributed by atoms with Gasteiger partial charge in [-0.1, -0.05) is 17.7 Å². The molecule has 2 aromatic rings. The zero-order valence-electron chi connectivity index (χ0n) is 18.6. The SMILES string of the molecule is Cc1ccc(N2CN(CCCN3CCOCC3)Cn3c2nc(C)c(C)c3=O)c(C)c1. The summed E-state index contributed by atoms with van der Waals surface area (Å²) >= 11 is 0. The lowest BCUT2D eigenvalue weighted by molar-refractivity contribution is 0.0354. The van der Waals surface area contributed by atoms with Crippen molar-refractivity contribution in [2.45, 2.75) is 40.8 Å². The molecule has 162 valence electrons. The first kappa shape index (κ1) is 21.0. The molecule has 7 nitrogen and oxygen atoms in total. The van der Waals surface area contributed by atoms with Crippen molar-refractivity contribution in [3.05, 3.63) is 50.9 Å². The third kappa shape index (κ3) is 4.29.